The number of halogens is 2. The fraction of sp³-hybridized carbons (Fsp3) is 0.111. The summed E-state index contributed by atoms with van der Waals surface area (Å²) in [6, 6.07) is 1.39. The minimum absolute atomic E-state index is 0.377. The predicted octanol–water partition coefficient (Wildman–Crippen LogP) is 3.12. The van der Waals surface area contributed by atoms with Gasteiger partial charge < -0.3 is 4.74 Å². The maximum Gasteiger partial charge on any atom is 0.209 e. The monoisotopic (exact) mass is 288 g/mol. The van der Waals surface area contributed by atoms with Crippen LogP contribution in [0.2, 0.25) is 0 Å². The number of hydrogen-bond donors (Lipinski definition) is 0. The minimum Gasteiger partial charge on any atom is -0.485 e. The van der Waals surface area contributed by atoms with Gasteiger partial charge in [0.25, 0.3) is 0 Å². The molecule has 3 nitrogen and oxygen atoms in total. The van der Waals surface area contributed by atoms with E-state index in [0.29, 0.717) is 20.2 Å². The molecule has 78 valence electrons. The molecule has 2 heterocycles. The fourth-order valence-electron chi connectivity index (χ4n) is 1.07. The van der Waals surface area contributed by atoms with Gasteiger partial charge in [-0.3, -0.25) is 4.98 Å². The highest BCUT2D eigenvalue weighted by Crippen LogP contribution is 2.36. The molecule has 0 amide bonds. The van der Waals surface area contributed by atoms with Crippen molar-refractivity contribution >= 4 is 27.3 Å². The number of nitrogens with zero attached hydrogens (tertiary/aromatic N) is 2. The largest absolute Gasteiger partial charge is 0.485 e. The third-order valence-corrected chi connectivity index (χ3v) is 3.56. The maximum atomic E-state index is 12.9. The average Bonchev–Trinajstić information content (AvgIpc) is 2.60. The van der Waals surface area contributed by atoms with Crippen molar-refractivity contribution in [1.29, 1.82) is 0 Å². The molecule has 0 spiro atoms. The summed E-state index contributed by atoms with van der Waals surface area (Å²) in [6.07, 6.45) is 2.72. The summed E-state index contributed by atoms with van der Waals surface area (Å²) in [5.41, 5.74) is 0.643. The Morgan fingerprint density at radius 3 is 2.87 bits per heavy atom. The summed E-state index contributed by atoms with van der Waals surface area (Å²) in [7, 11) is 1.56. The first-order valence-electron chi connectivity index (χ1n) is 4.02. The van der Waals surface area contributed by atoms with Crippen LogP contribution < -0.4 is 4.74 Å². The van der Waals surface area contributed by atoms with Gasteiger partial charge in [0, 0.05) is 11.8 Å². The summed E-state index contributed by atoms with van der Waals surface area (Å²) in [4.78, 5) is 7.96. The van der Waals surface area contributed by atoms with Crippen LogP contribution in [-0.4, -0.2) is 17.1 Å². The van der Waals surface area contributed by atoms with Crippen LogP contribution in [0.4, 0.5) is 4.39 Å². The van der Waals surface area contributed by atoms with Crippen molar-refractivity contribution in [2.45, 2.75) is 0 Å². The van der Waals surface area contributed by atoms with Crippen LogP contribution in [0.3, 0.4) is 0 Å². The number of ether oxygens (including phenoxy) is 1. The third-order valence-electron chi connectivity index (χ3n) is 1.69. The molecule has 0 bridgehead atoms. The van der Waals surface area contributed by atoms with Gasteiger partial charge >= 0.3 is 0 Å². The first kappa shape index (κ1) is 10.5. The van der Waals surface area contributed by atoms with E-state index in [1.54, 1.807) is 13.3 Å². The van der Waals surface area contributed by atoms with Crippen LogP contribution in [0.5, 0.6) is 5.06 Å². The smallest absolute Gasteiger partial charge is 0.209 e. The topological polar surface area (TPSA) is 35.0 Å². The van der Waals surface area contributed by atoms with Gasteiger partial charge in [-0.15, -0.1) is 0 Å². The number of thiazole rings is 1. The molecule has 0 atom stereocenters. The zero-order valence-corrected chi connectivity index (χ0v) is 10.1. The molecule has 0 saturated heterocycles. The Kier molecular flexibility index (Phi) is 2.97. The molecular weight excluding hydrogens is 283 g/mol. The van der Waals surface area contributed by atoms with Crippen LogP contribution in [0, 0.1) is 5.82 Å². The van der Waals surface area contributed by atoms with Gasteiger partial charge in [-0.1, -0.05) is 11.3 Å². The molecule has 0 unspecified atom stereocenters. The van der Waals surface area contributed by atoms with Gasteiger partial charge in [0.2, 0.25) is 5.06 Å². The quantitative estimate of drug-likeness (QED) is 0.852. The van der Waals surface area contributed by atoms with E-state index in [4.69, 9.17) is 4.74 Å². The SMILES string of the molecule is COc1sc(-c2cncc(F)c2)nc1Br. The van der Waals surface area contributed by atoms with E-state index >= 15 is 0 Å². The molecule has 0 aliphatic rings. The van der Waals surface area contributed by atoms with Gasteiger partial charge in [-0.25, -0.2) is 9.37 Å². The lowest BCUT2D eigenvalue weighted by Gasteiger charge is -1.94. The van der Waals surface area contributed by atoms with Crippen molar-refractivity contribution in [2.75, 3.05) is 7.11 Å². The van der Waals surface area contributed by atoms with Gasteiger partial charge in [-0.05, 0) is 22.0 Å². The molecule has 0 aliphatic carbocycles. The number of rotatable bonds is 2. The molecule has 0 aliphatic heterocycles. The molecule has 15 heavy (non-hydrogen) atoms. The average molecular weight is 289 g/mol. The summed E-state index contributed by atoms with van der Waals surface area (Å²) in [5, 5.41) is 1.33. The first-order chi connectivity index (χ1) is 7.20. The summed E-state index contributed by atoms with van der Waals surface area (Å²) in [6.45, 7) is 0. The highest BCUT2D eigenvalue weighted by Gasteiger charge is 2.11. The molecule has 0 radical (unpaired) electrons. The lowest BCUT2D eigenvalue weighted by atomic mass is 10.3. The standard InChI is InChI=1S/C9H6BrFN2OS/c1-14-9-7(10)13-8(15-9)5-2-6(11)4-12-3-5/h2-4H,1H3. The first-order valence-corrected chi connectivity index (χ1v) is 5.63. The van der Waals surface area contributed by atoms with Crippen LogP contribution >= 0.6 is 27.3 Å². The maximum absolute atomic E-state index is 12.9. The zero-order chi connectivity index (χ0) is 10.8. The van der Waals surface area contributed by atoms with Crippen LogP contribution in [0.25, 0.3) is 10.6 Å². The fourth-order valence-corrected chi connectivity index (χ4v) is 2.52. The van der Waals surface area contributed by atoms with E-state index in [0.717, 1.165) is 6.20 Å². The van der Waals surface area contributed by atoms with Crippen molar-refractivity contribution in [2.24, 2.45) is 0 Å². The minimum atomic E-state index is -0.377. The lowest BCUT2D eigenvalue weighted by molar-refractivity contribution is 0.423. The summed E-state index contributed by atoms with van der Waals surface area (Å²) < 4.78 is 18.6. The van der Waals surface area contributed by atoms with E-state index in [9.17, 15) is 4.39 Å². The van der Waals surface area contributed by atoms with E-state index in [-0.39, 0.29) is 5.82 Å². The van der Waals surface area contributed by atoms with E-state index in [2.05, 4.69) is 25.9 Å². The second-order valence-electron chi connectivity index (χ2n) is 2.69. The van der Waals surface area contributed by atoms with Crippen LogP contribution in [0.1, 0.15) is 0 Å². The van der Waals surface area contributed by atoms with Crippen molar-refractivity contribution in [1.82, 2.24) is 9.97 Å². The predicted molar refractivity (Wildman–Crippen MR) is 59.6 cm³/mol. The zero-order valence-electron chi connectivity index (χ0n) is 7.70. The van der Waals surface area contributed by atoms with Crippen LogP contribution in [-0.2, 0) is 0 Å². The molecule has 2 aromatic rings. The van der Waals surface area contributed by atoms with Gasteiger partial charge in [0.15, 0.2) is 4.60 Å². The molecular formula is C9H6BrFN2OS. The van der Waals surface area contributed by atoms with Gasteiger partial charge in [0.05, 0.1) is 13.3 Å². The number of aromatic nitrogens is 2. The Balaban J connectivity index is 2.45. The van der Waals surface area contributed by atoms with E-state index in [1.807, 2.05) is 0 Å². The number of methoxy groups -OCH3 is 1. The van der Waals surface area contributed by atoms with E-state index in [1.165, 1.54) is 17.4 Å². The summed E-state index contributed by atoms with van der Waals surface area (Å²) >= 11 is 4.59. The Morgan fingerprint density at radius 1 is 1.47 bits per heavy atom. The molecule has 0 fully saturated rings. The Morgan fingerprint density at radius 2 is 2.27 bits per heavy atom. The second kappa shape index (κ2) is 4.24. The third kappa shape index (κ3) is 2.15. The summed E-state index contributed by atoms with van der Waals surface area (Å²) in [5.74, 6) is -0.377. The Labute approximate surface area is 98.1 Å². The van der Waals surface area contributed by atoms with E-state index < -0.39 is 0 Å². The van der Waals surface area contributed by atoms with Gasteiger partial charge in [0.1, 0.15) is 10.8 Å². The molecule has 0 aromatic carbocycles. The Bertz CT molecular complexity index is 489. The molecule has 6 heteroatoms. The lowest BCUT2D eigenvalue weighted by Crippen LogP contribution is -1.81. The van der Waals surface area contributed by atoms with Gasteiger partial charge in [-0.2, -0.15) is 0 Å². The number of hydrogen-bond acceptors (Lipinski definition) is 4. The Hall–Kier alpha value is -1.01. The molecule has 2 rings (SSSR count). The van der Waals surface area contributed by atoms with Crippen molar-refractivity contribution in [3.05, 3.63) is 28.9 Å². The van der Waals surface area contributed by atoms with Crippen molar-refractivity contribution in [3.63, 3.8) is 0 Å². The number of pyridine rings is 1. The molecule has 2 aromatic heterocycles. The normalized spacial score (nSPS) is 10.3. The second-order valence-corrected chi connectivity index (χ2v) is 4.41. The molecule has 0 saturated carbocycles. The molecule has 0 N–H and O–H groups in total. The van der Waals surface area contributed by atoms with Crippen molar-refractivity contribution < 1.29 is 9.13 Å². The highest BCUT2D eigenvalue weighted by atomic mass is 79.9. The highest BCUT2D eigenvalue weighted by molar-refractivity contribution is 9.10. The van der Waals surface area contributed by atoms with Crippen molar-refractivity contribution in [3.8, 4) is 15.6 Å². The van der Waals surface area contributed by atoms with Crippen LogP contribution in [0.15, 0.2) is 23.1 Å².